The van der Waals surface area contributed by atoms with Crippen LogP contribution in [0.3, 0.4) is 0 Å². The third-order valence-corrected chi connectivity index (χ3v) is 3.65. The van der Waals surface area contributed by atoms with Crippen LogP contribution in [-0.2, 0) is 6.54 Å². The minimum atomic E-state index is 0.481. The Balaban J connectivity index is 2.22. The summed E-state index contributed by atoms with van der Waals surface area (Å²) in [6.45, 7) is 2.48. The van der Waals surface area contributed by atoms with Crippen LogP contribution in [0.1, 0.15) is 17.5 Å². The van der Waals surface area contributed by atoms with Crippen molar-refractivity contribution in [2.24, 2.45) is 5.73 Å². The Bertz CT molecular complexity index is 461. The first-order valence-electron chi connectivity index (χ1n) is 6.30. The van der Waals surface area contributed by atoms with E-state index < -0.39 is 0 Å². The van der Waals surface area contributed by atoms with Gasteiger partial charge in [0, 0.05) is 25.7 Å². The van der Waals surface area contributed by atoms with Crippen molar-refractivity contribution in [2.45, 2.75) is 19.0 Å². The lowest BCUT2D eigenvalue weighted by atomic mass is 10.1. The Morgan fingerprint density at radius 2 is 2.28 bits per heavy atom. The van der Waals surface area contributed by atoms with Crippen LogP contribution in [0.4, 0.5) is 5.69 Å². The number of hydrogen-bond acceptors (Lipinski definition) is 4. The fourth-order valence-electron chi connectivity index (χ4n) is 2.46. The Kier molecular flexibility index (Phi) is 3.85. The molecule has 0 amide bonds. The summed E-state index contributed by atoms with van der Waals surface area (Å²) in [5, 5.41) is 9.25. The molecule has 4 nitrogen and oxygen atoms in total. The average Bonchev–Trinajstić information content (AvgIpc) is 2.87. The molecule has 0 aliphatic carbocycles. The van der Waals surface area contributed by atoms with Crippen molar-refractivity contribution in [3.05, 3.63) is 29.3 Å². The molecule has 1 aliphatic heterocycles. The molecule has 2 rings (SSSR count). The summed E-state index contributed by atoms with van der Waals surface area (Å²) < 4.78 is 0. The number of nitriles is 1. The van der Waals surface area contributed by atoms with Crippen LogP contribution in [0.5, 0.6) is 0 Å². The van der Waals surface area contributed by atoms with Gasteiger partial charge >= 0.3 is 0 Å². The zero-order valence-electron chi connectivity index (χ0n) is 11.1. The van der Waals surface area contributed by atoms with Crippen LogP contribution < -0.4 is 10.6 Å². The number of nitrogens with zero attached hydrogens (tertiary/aromatic N) is 3. The molecule has 1 saturated heterocycles. The maximum atomic E-state index is 9.25. The predicted octanol–water partition coefficient (Wildman–Crippen LogP) is 1.16. The third kappa shape index (κ3) is 2.47. The average molecular weight is 244 g/mol. The zero-order chi connectivity index (χ0) is 13.1. The van der Waals surface area contributed by atoms with Crippen molar-refractivity contribution in [2.75, 3.05) is 32.1 Å². The van der Waals surface area contributed by atoms with E-state index in [0.717, 1.165) is 36.3 Å². The van der Waals surface area contributed by atoms with Crippen LogP contribution in [0.2, 0.25) is 0 Å². The van der Waals surface area contributed by atoms with Crippen molar-refractivity contribution in [1.29, 1.82) is 5.26 Å². The molecular weight excluding hydrogens is 224 g/mol. The molecule has 1 unspecified atom stereocenters. The molecule has 1 heterocycles. The number of rotatable bonds is 3. The van der Waals surface area contributed by atoms with E-state index in [0.29, 0.717) is 12.6 Å². The molecule has 4 heteroatoms. The number of benzene rings is 1. The first-order valence-corrected chi connectivity index (χ1v) is 6.30. The first kappa shape index (κ1) is 12.9. The second-order valence-corrected chi connectivity index (χ2v) is 5.02. The minimum absolute atomic E-state index is 0.481. The summed E-state index contributed by atoms with van der Waals surface area (Å²) in [5.74, 6) is 0. The van der Waals surface area contributed by atoms with Crippen LogP contribution in [0.15, 0.2) is 18.2 Å². The minimum Gasteiger partial charge on any atom is -0.369 e. The van der Waals surface area contributed by atoms with Crippen LogP contribution >= 0.6 is 0 Å². The second kappa shape index (κ2) is 5.38. The highest BCUT2D eigenvalue weighted by atomic mass is 15.2. The van der Waals surface area contributed by atoms with E-state index in [9.17, 15) is 5.26 Å². The SMILES string of the molecule is CN(C)C1CCN(c2ccc(CN)cc2C#N)C1. The molecule has 0 aromatic heterocycles. The number of hydrogen-bond donors (Lipinski definition) is 1. The lowest BCUT2D eigenvalue weighted by molar-refractivity contribution is 0.315. The van der Waals surface area contributed by atoms with Gasteiger partial charge < -0.3 is 15.5 Å². The molecule has 2 N–H and O–H groups in total. The van der Waals surface area contributed by atoms with Gasteiger partial charge in [0.1, 0.15) is 6.07 Å². The van der Waals surface area contributed by atoms with Gasteiger partial charge in [0.25, 0.3) is 0 Å². The summed E-state index contributed by atoms with van der Waals surface area (Å²) in [6, 6.07) is 8.80. The highest BCUT2D eigenvalue weighted by Crippen LogP contribution is 2.26. The molecule has 1 aromatic rings. The van der Waals surface area contributed by atoms with E-state index in [-0.39, 0.29) is 0 Å². The van der Waals surface area contributed by atoms with Gasteiger partial charge in [0.05, 0.1) is 11.3 Å². The van der Waals surface area contributed by atoms with Crippen molar-refractivity contribution in [3.63, 3.8) is 0 Å². The molecule has 1 aromatic carbocycles. The van der Waals surface area contributed by atoms with Gasteiger partial charge in [-0.2, -0.15) is 5.26 Å². The summed E-state index contributed by atoms with van der Waals surface area (Å²) in [6.07, 6.45) is 1.15. The van der Waals surface area contributed by atoms with E-state index in [2.05, 4.69) is 30.0 Å². The summed E-state index contributed by atoms with van der Waals surface area (Å²) >= 11 is 0. The highest BCUT2D eigenvalue weighted by molar-refractivity contribution is 5.61. The fourth-order valence-corrected chi connectivity index (χ4v) is 2.46. The van der Waals surface area contributed by atoms with Crippen LogP contribution in [-0.4, -0.2) is 38.1 Å². The Hall–Kier alpha value is -1.57. The molecule has 0 saturated carbocycles. The monoisotopic (exact) mass is 244 g/mol. The topological polar surface area (TPSA) is 56.3 Å². The Morgan fingerprint density at radius 1 is 1.50 bits per heavy atom. The van der Waals surface area contributed by atoms with Gasteiger partial charge in [-0.3, -0.25) is 0 Å². The molecule has 18 heavy (non-hydrogen) atoms. The molecule has 0 spiro atoms. The Labute approximate surface area is 109 Å². The van der Waals surface area contributed by atoms with Crippen molar-refractivity contribution < 1.29 is 0 Å². The standard InChI is InChI=1S/C14H20N4/c1-17(2)13-5-6-18(10-13)14-4-3-11(8-15)7-12(14)9-16/h3-4,7,13H,5-6,8,10,15H2,1-2H3. The third-order valence-electron chi connectivity index (χ3n) is 3.65. The highest BCUT2D eigenvalue weighted by Gasteiger charge is 2.25. The molecular formula is C14H20N4. The maximum Gasteiger partial charge on any atom is 0.101 e. The first-order chi connectivity index (χ1) is 8.65. The lowest BCUT2D eigenvalue weighted by Gasteiger charge is -2.22. The van der Waals surface area contributed by atoms with Crippen molar-refractivity contribution >= 4 is 5.69 Å². The molecule has 0 bridgehead atoms. The van der Waals surface area contributed by atoms with Crippen LogP contribution in [0, 0.1) is 11.3 Å². The van der Waals surface area contributed by atoms with E-state index in [1.54, 1.807) is 0 Å². The summed E-state index contributed by atoms with van der Waals surface area (Å²) in [7, 11) is 4.22. The molecule has 1 aliphatic rings. The van der Waals surface area contributed by atoms with E-state index in [4.69, 9.17) is 5.73 Å². The summed E-state index contributed by atoms with van der Waals surface area (Å²) in [4.78, 5) is 4.55. The van der Waals surface area contributed by atoms with Gasteiger partial charge in [-0.1, -0.05) is 6.07 Å². The van der Waals surface area contributed by atoms with E-state index in [1.165, 1.54) is 0 Å². The van der Waals surface area contributed by atoms with Crippen molar-refractivity contribution in [1.82, 2.24) is 4.90 Å². The zero-order valence-corrected chi connectivity index (χ0v) is 11.1. The van der Waals surface area contributed by atoms with Gasteiger partial charge in [-0.05, 0) is 38.2 Å². The van der Waals surface area contributed by atoms with Crippen LogP contribution in [0.25, 0.3) is 0 Å². The summed E-state index contributed by atoms with van der Waals surface area (Å²) in [5.41, 5.74) is 8.40. The number of likely N-dealkylation sites (N-methyl/N-ethyl adjacent to an activating group) is 1. The van der Waals surface area contributed by atoms with Gasteiger partial charge in [-0.15, -0.1) is 0 Å². The normalized spacial score (nSPS) is 19.3. The largest absolute Gasteiger partial charge is 0.369 e. The van der Waals surface area contributed by atoms with E-state index in [1.807, 2.05) is 18.2 Å². The smallest absolute Gasteiger partial charge is 0.101 e. The quantitative estimate of drug-likeness (QED) is 0.867. The number of nitrogens with two attached hydrogens (primary N) is 1. The van der Waals surface area contributed by atoms with E-state index >= 15 is 0 Å². The number of anilines is 1. The molecule has 96 valence electrons. The molecule has 1 atom stereocenters. The second-order valence-electron chi connectivity index (χ2n) is 5.02. The predicted molar refractivity (Wildman–Crippen MR) is 73.4 cm³/mol. The van der Waals surface area contributed by atoms with Crippen molar-refractivity contribution in [3.8, 4) is 6.07 Å². The molecule has 1 fully saturated rings. The molecule has 0 radical (unpaired) electrons. The fraction of sp³-hybridized carbons (Fsp3) is 0.500. The Morgan fingerprint density at radius 3 is 2.83 bits per heavy atom. The maximum absolute atomic E-state index is 9.25. The van der Waals surface area contributed by atoms with Gasteiger partial charge in [-0.25, -0.2) is 0 Å². The van der Waals surface area contributed by atoms with Gasteiger partial charge in [0.15, 0.2) is 0 Å². The lowest BCUT2D eigenvalue weighted by Crippen LogP contribution is -2.31. The van der Waals surface area contributed by atoms with Gasteiger partial charge in [0.2, 0.25) is 0 Å².